The lowest BCUT2D eigenvalue weighted by Crippen LogP contribution is -2.17. The largest absolute Gasteiger partial charge is 0.508 e. The van der Waals surface area contributed by atoms with Crippen molar-refractivity contribution in [3.63, 3.8) is 0 Å². The predicted octanol–water partition coefficient (Wildman–Crippen LogP) is 3.35. The number of halogens is 1. The Labute approximate surface area is 106 Å². The van der Waals surface area contributed by atoms with E-state index in [9.17, 15) is 5.11 Å². The smallest absolute Gasteiger partial charge is 0.115 e. The number of nitrogens with one attached hydrogen (secondary N) is 1. The van der Waals surface area contributed by atoms with Crippen molar-refractivity contribution in [1.82, 2.24) is 5.32 Å². The van der Waals surface area contributed by atoms with Gasteiger partial charge < -0.3 is 10.4 Å². The van der Waals surface area contributed by atoms with E-state index in [1.165, 1.54) is 0 Å². The summed E-state index contributed by atoms with van der Waals surface area (Å²) in [7, 11) is 1.91. The van der Waals surface area contributed by atoms with Crippen LogP contribution in [0.25, 0.3) is 0 Å². The van der Waals surface area contributed by atoms with Crippen LogP contribution in [0.3, 0.4) is 0 Å². The molecule has 0 aliphatic rings. The average Bonchev–Trinajstić information content (AvgIpc) is 2.35. The van der Waals surface area contributed by atoms with E-state index in [0.717, 1.165) is 16.1 Å². The number of phenols is 1. The molecule has 0 radical (unpaired) electrons. The Hall–Kier alpha value is -1.51. The maximum atomic E-state index is 9.28. The summed E-state index contributed by atoms with van der Waals surface area (Å²) in [4.78, 5) is 0. The van der Waals surface area contributed by atoms with Crippen LogP contribution < -0.4 is 5.32 Å². The molecule has 0 spiro atoms. The van der Waals surface area contributed by atoms with Crippen molar-refractivity contribution in [3.05, 3.63) is 64.7 Å². The molecule has 2 aromatic carbocycles. The standard InChI is InChI=1S/C14H14ClNO/c1-16-14(10-2-6-12(15)7-3-10)11-4-8-13(17)9-5-11/h2-9,14,16-17H,1H3. The summed E-state index contributed by atoms with van der Waals surface area (Å²) < 4.78 is 0. The molecule has 88 valence electrons. The molecule has 0 heterocycles. The SMILES string of the molecule is CNC(c1ccc(O)cc1)c1ccc(Cl)cc1. The van der Waals surface area contributed by atoms with Gasteiger partial charge in [-0.15, -0.1) is 0 Å². The molecule has 2 nitrogen and oxygen atoms in total. The molecule has 0 bridgehead atoms. The molecule has 1 atom stereocenters. The highest BCUT2D eigenvalue weighted by Gasteiger charge is 2.11. The number of aromatic hydroxyl groups is 1. The minimum Gasteiger partial charge on any atom is -0.508 e. The minimum absolute atomic E-state index is 0.105. The van der Waals surface area contributed by atoms with Crippen molar-refractivity contribution < 1.29 is 5.11 Å². The van der Waals surface area contributed by atoms with Gasteiger partial charge in [-0.2, -0.15) is 0 Å². The van der Waals surface area contributed by atoms with E-state index in [0.29, 0.717) is 0 Å². The van der Waals surface area contributed by atoms with Crippen LogP contribution >= 0.6 is 11.6 Å². The van der Waals surface area contributed by atoms with Crippen molar-refractivity contribution in [2.45, 2.75) is 6.04 Å². The summed E-state index contributed by atoms with van der Waals surface area (Å²) in [6.45, 7) is 0. The molecule has 0 aromatic heterocycles. The second-order valence-electron chi connectivity index (χ2n) is 3.86. The van der Waals surface area contributed by atoms with E-state index in [2.05, 4.69) is 5.32 Å². The summed E-state index contributed by atoms with van der Waals surface area (Å²) in [5, 5.41) is 13.3. The van der Waals surface area contributed by atoms with Gasteiger partial charge in [0.1, 0.15) is 5.75 Å². The molecular formula is C14H14ClNO. The Morgan fingerprint density at radius 2 is 1.41 bits per heavy atom. The minimum atomic E-state index is 0.105. The van der Waals surface area contributed by atoms with Gasteiger partial charge in [-0.3, -0.25) is 0 Å². The molecule has 0 saturated heterocycles. The first-order valence-electron chi connectivity index (χ1n) is 5.42. The van der Waals surface area contributed by atoms with Gasteiger partial charge in [0, 0.05) is 5.02 Å². The number of rotatable bonds is 3. The fourth-order valence-corrected chi connectivity index (χ4v) is 1.97. The second kappa shape index (κ2) is 5.21. The van der Waals surface area contributed by atoms with Crippen LogP contribution in [0.5, 0.6) is 5.75 Å². The Morgan fingerprint density at radius 3 is 1.88 bits per heavy atom. The van der Waals surface area contributed by atoms with Crippen molar-refractivity contribution in [2.24, 2.45) is 0 Å². The molecule has 0 fully saturated rings. The summed E-state index contributed by atoms with van der Waals surface area (Å²) in [6.07, 6.45) is 0. The Bertz CT molecular complexity index is 433. The van der Waals surface area contributed by atoms with Crippen LogP contribution in [0.2, 0.25) is 5.02 Å². The summed E-state index contributed by atoms with van der Waals surface area (Å²) in [5.74, 6) is 0.278. The Balaban J connectivity index is 2.33. The molecule has 17 heavy (non-hydrogen) atoms. The van der Waals surface area contributed by atoms with Crippen LogP contribution in [-0.2, 0) is 0 Å². The number of hydrogen-bond acceptors (Lipinski definition) is 2. The first kappa shape index (κ1) is 12.0. The highest BCUT2D eigenvalue weighted by atomic mass is 35.5. The zero-order chi connectivity index (χ0) is 12.3. The Morgan fingerprint density at radius 1 is 0.941 bits per heavy atom. The first-order chi connectivity index (χ1) is 8.20. The van der Waals surface area contributed by atoms with Gasteiger partial charge in [-0.05, 0) is 42.4 Å². The van der Waals surface area contributed by atoms with Crippen LogP contribution in [0.15, 0.2) is 48.5 Å². The predicted molar refractivity (Wildman–Crippen MR) is 70.5 cm³/mol. The lowest BCUT2D eigenvalue weighted by Gasteiger charge is -2.17. The zero-order valence-electron chi connectivity index (χ0n) is 9.52. The highest BCUT2D eigenvalue weighted by molar-refractivity contribution is 6.30. The summed E-state index contributed by atoms with van der Waals surface area (Å²) >= 11 is 5.87. The Kier molecular flexibility index (Phi) is 3.67. The normalized spacial score (nSPS) is 12.4. The van der Waals surface area contributed by atoms with Crippen LogP contribution in [0, 0.1) is 0 Å². The van der Waals surface area contributed by atoms with Gasteiger partial charge in [-0.1, -0.05) is 35.9 Å². The van der Waals surface area contributed by atoms with Gasteiger partial charge in [0.2, 0.25) is 0 Å². The molecule has 2 rings (SSSR count). The summed E-state index contributed by atoms with van der Waals surface area (Å²) in [5.41, 5.74) is 2.25. The van der Waals surface area contributed by atoms with Crippen molar-refractivity contribution in [3.8, 4) is 5.75 Å². The summed E-state index contributed by atoms with van der Waals surface area (Å²) in [6, 6.07) is 15.0. The third kappa shape index (κ3) is 2.78. The zero-order valence-corrected chi connectivity index (χ0v) is 10.3. The molecule has 3 heteroatoms. The van der Waals surface area contributed by atoms with Gasteiger partial charge in [0.25, 0.3) is 0 Å². The molecule has 0 aliphatic heterocycles. The number of phenolic OH excluding ortho intramolecular Hbond substituents is 1. The lowest BCUT2D eigenvalue weighted by molar-refractivity contribution is 0.475. The van der Waals surface area contributed by atoms with E-state index >= 15 is 0 Å². The van der Waals surface area contributed by atoms with Crippen molar-refractivity contribution in [2.75, 3.05) is 7.05 Å². The van der Waals surface area contributed by atoms with E-state index in [4.69, 9.17) is 11.6 Å². The molecule has 0 amide bonds. The molecular weight excluding hydrogens is 234 g/mol. The van der Waals surface area contributed by atoms with E-state index < -0.39 is 0 Å². The van der Waals surface area contributed by atoms with Crippen molar-refractivity contribution >= 4 is 11.6 Å². The third-order valence-electron chi connectivity index (χ3n) is 2.72. The van der Waals surface area contributed by atoms with Gasteiger partial charge in [0.05, 0.1) is 6.04 Å². The fraction of sp³-hybridized carbons (Fsp3) is 0.143. The topological polar surface area (TPSA) is 32.3 Å². The van der Waals surface area contributed by atoms with E-state index in [1.54, 1.807) is 12.1 Å². The maximum absolute atomic E-state index is 9.28. The van der Waals surface area contributed by atoms with Gasteiger partial charge in [0.15, 0.2) is 0 Å². The molecule has 0 saturated carbocycles. The molecule has 1 unspecified atom stereocenters. The van der Waals surface area contributed by atoms with Gasteiger partial charge in [-0.25, -0.2) is 0 Å². The van der Waals surface area contributed by atoms with Crippen molar-refractivity contribution in [1.29, 1.82) is 0 Å². The van der Waals surface area contributed by atoms with Crippen LogP contribution in [0.1, 0.15) is 17.2 Å². The molecule has 2 N–H and O–H groups in total. The maximum Gasteiger partial charge on any atom is 0.115 e. The van der Waals surface area contributed by atoms with E-state index in [1.807, 2.05) is 43.4 Å². The number of hydrogen-bond donors (Lipinski definition) is 2. The highest BCUT2D eigenvalue weighted by Crippen LogP contribution is 2.24. The van der Waals surface area contributed by atoms with E-state index in [-0.39, 0.29) is 11.8 Å². The quantitative estimate of drug-likeness (QED) is 0.872. The molecule has 2 aromatic rings. The fourth-order valence-electron chi connectivity index (χ4n) is 1.85. The molecule has 0 aliphatic carbocycles. The van der Waals surface area contributed by atoms with Gasteiger partial charge >= 0.3 is 0 Å². The monoisotopic (exact) mass is 247 g/mol. The van der Waals surface area contributed by atoms with Crippen LogP contribution in [-0.4, -0.2) is 12.2 Å². The second-order valence-corrected chi connectivity index (χ2v) is 4.30. The number of benzene rings is 2. The lowest BCUT2D eigenvalue weighted by atomic mass is 9.99. The first-order valence-corrected chi connectivity index (χ1v) is 5.80. The third-order valence-corrected chi connectivity index (χ3v) is 2.97. The van der Waals surface area contributed by atoms with Crippen LogP contribution in [0.4, 0.5) is 0 Å². The average molecular weight is 248 g/mol.